The third kappa shape index (κ3) is 1.59. The SMILES string of the molecule is O=C(O)c1ccccc1[B]O. The van der Waals surface area contributed by atoms with Crippen LogP contribution in [0.15, 0.2) is 24.3 Å². The van der Waals surface area contributed by atoms with Gasteiger partial charge in [0.15, 0.2) is 0 Å². The maximum atomic E-state index is 10.4. The Labute approximate surface area is 64.6 Å². The van der Waals surface area contributed by atoms with Crippen molar-refractivity contribution in [3.63, 3.8) is 0 Å². The first kappa shape index (κ1) is 7.82. The molecule has 1 radical (unpaired) electrons. The number of benzene rings is 1. The van der Waals surface area contributed by atoms with Crippen LogP contribution in [-0.4, -0.2) is 23.6 Å². The van der Waals surface area contributed by atoms with Crippen LogP contribution in [0.2, 0.25) is 0 Å². The van der Waals surface area contributed by atoms with Gasteiger partial charge in [-0.15, -0.1) is 0 Å². The van der Waals surface area contributed by atoms with Crippen molar-refractivity contribution in [2.45, 2.75) is 0 Å². The summed E-state index contributed by atoms with van der Waals surface area (Å²) in [7, 11) is 0.781. The lowest BCUT2D eigenvalue weighted by Crippen LogP contribution is -2.21. The van der Waals surface area contributed by atoms with Crippen molar-refractivity contribution in [2.75, 3.05) is 0 Å². The molecule has 0 fully saturated rings. The molecule has 0 aromatic heterocycles. The first-order valence-corrected chi connectivity index (χ1v) is 3.05. The minimum atomic E-state index is -1.04. The minimum Gasteiger partial charge on any atom is -0.478 e. The molecule has 0 atom stereocenters. The van der Waals surface area contributed by atoms with E-state index in [1.807, 2.05) is 0 Å². The van der Waals surface area contributed by atoms with E-state index in [0.29, 0.717) is 5.46 Å². The molecule has 1 rings (SSSR count). The van der Waals surface area contributed by atoms with Crippen LogP contribution in [0, 0.1) is 0 Å². The summed E-state index contributed by atoms with van der Waals surface area (Å²) in [4.78, 5) is 10.4. The molecule has 1 aromatic carbocycles. The number of carbonyl (C=O) groups is 1. The van der Waals surface area contributed by atoms with Crippen LogP contribution in [0.4, 0.5) is 0 Å². The molecule has 3 nitrogen and oxygen atoms in total. The zero-order valence-electron chi connectivity index (χ0n) is 5.69. The minimum absolute atomic E-state index is 0.106. The number of rotatable bonds is 2. The molecule has 0 aliphatic rings. The Morgan fingerprint density at radius 2 is 2.00 bits per heavy atom. The van der Waals surface area contributed by atoms with Gasteiger partial charge < -0.3 is 10.1 Å². The Morgan fingerprint density at radius 1 is 1.36 bits per heavy atom. The first-order valence-electron chi connectivity index (χ1n) is 3.05. The summed E-state index contributed by atoms with van der Waals surface area (Å²) in [5, 5.41) is 17.1. The highest BCUT2D eigenvalue weighted by atomic mass is 16.4. The summed E-state index contributed by atoms with van der Waals surface area (Å²) in [6, 6.07) is 6.23. The summed E-state index contributed by atoms with van der Waals surface area (Å²) >= 11 is 0. The van der Waals surface area contributed by atoms with Gasteiger partial charge >= 0.3 is 13.5 Å². The average Bonchev–Trinajstić information content (AvgIpc) is 2.04. The Balaban J connectivity index is 3.12. The fourth-order valence-corrected chi connectivity index (χ4v) is 0.804. The van der Waals surface area contributed by atoms with E-state index in [9.17, 15) is 4.79 Å². The van der Waals surface area contributed by atoms with Crippen molar-refractivity contribution in [3.8, 4) is 0 Å². The molecule has 2 N–H and O–H groups in total. The molecular weight excluding hydrogens is 143 g/mol. The molecule has 1 aromatic rings. The summed E-state index contributed by atoms with van der Waals surface area (Å²) in [6.45, 7) is 0. The molecule has 4 heteroatoms. The highest BCUT2D eigenvalue weighted by Crippen LogP contribution is 1.93. The monoisotopic (exact) mass is 149 g/mol. The van der Waals surface area contributed by atoms with Crippen LogP contribution in [0.5, 0.6) is 0 Å². The molecular formula is C7H6BO3. The lowest BCUT2D eigenvalue weighted by atomic mass is 9.84. The Hall–Kier alpha value is -1.29. The van der Waals surface area contributed by atoms with Crippen molar-refractivity contribution < 1.29 is 14.9 Å². The van der Waals surface area contributed by atoms with E-state index in [-0.39, 0.29) is 5.56 Å². The third-order valence-corrected chi connectivity index (χ3v) is 1.33. The van der Waals surface area contributed by atoms with Crippen molar-refractivity contribution in [3.05, 3.63) is 29.8 Å². The van der Waals surface area contributed by atoms with Crippen molar-refractivity contribution in [2.24, 2.45) is 0 Å². The lowest BCUT2D eigenvalue weighted by Gasteiger charge is -1.98. The normalized spacial score (nSPS) is 9.18. The van der Waals surface area contributed by atoms with Gasteiger partial charge in [-0.05, 0) is 11.5 Å². The molecule has 0 unspecified atom stereocenters. The molecule has 55 valence electrons. The predicted molar refractivity (Wildman–Crippen MR) is 41.0 cm³/mol. The van der Waals surface area contributed by atoms with E-state index in [4.69, 9.17) is 10.1 Å². The summed E-state index contributed by atoms with van der Waals surface area (Å²) in [5.41, 5.74) is 0.426. The fraction of sp³-hybridized carbons (Fsp3) is 0. The van der Waals surface area contributed by atoms with Gasteiger partial charge in [-0.25, -0.2) is 4.79 Å². The second-order valence-corrected chi connectivity index (χ2v) is 2.02. The zero-order valence-corrected chi connectivity index (χ0v) is 5.69. The average molecular weight is 149 g/mol. The van der Waals surface area contributed by atoms with Crippen LogP contribution >= 0.6 is 0 Å². The summed E-state index contributed by atoms with van der Waals surface area (Å²) in [6.07, 6.45) is 0. The number of hydrogen-bond acceptors (Lipinski definition) is 2. The van der Waals surface area contributed by atoms with Crippen LogP contribution in [-0.2, 0) is 0 Å². The van der Waals surface area contributed by atoms with E-state index in [1.54, 1.807) is 12.1 Å². The van der Waals surface area contributed by atoms with Gasteiger partial charge in [-0.2, -0.15) is 0 Å². The maximum Gasteiger partial charge on any atom is 0.335 e. The van der Waals surface area contributed by atoms with Crippen LogP contribution < -0.4 is 5.46 Å². The highest BCUT2D eigenvalue weighted by Gasteiger charge is 2.07. The van der Waals surface area contributed by atoms with Gasteiger partial charge in [0.1, 0.15) is 0 Å². The van der Waals surface area contributed by atoms with Gasteiger partial charge in [0.05, 0.1) is 5.56 Å². The number of aromatic carboxylic acids is 1. The second-order valence-electron chi connectivity index (χ2n) is 2.02. The van der Waals surface area contributed by atoms with E-state index in [2.05, 4.69) is 0 Å². The molecule has 0 heterocycles. The molecule has 0 bridgehead atoms. The molecule has 0 aliphatic heterocycles. The maximum absolute atomic E-state index is 10.4. The smallest absolute Gasteiger partial charge is 0.335 e. The molecule has 0 spiro atoms. The van der Waals surface area contributed by atoms with Crippen molar-refractivity contribution in [1.82, 2.24) is 0 Å². The Morgan fingerprint density at radius 3 is 2.45 bits per heavy atom. The van der Waals surface area contributed by atoms with Gasteiger partial charge in [0, 0.05) is 0 Å². The van der Waals surface area contributed by atoms with E-state index in [1.165, 1.54) is 12.1 Å². The highest BCUT2D eigenvalue weighted by molar-refractivity contribution is 6.47. The zero-order chi connectivity index (χ0) is 8.27. The predicted octanol–water partition coefficient (Wildman–Crippen LogP) is -0.378. The topological polar surface area (TPSA) is 57.5 Å². The number of carboxylic acid groups (broad SMARTS) is 1. The van der Waals surface area contributed by atoms with E-state index < -0.39 is 5.97 Å². The van der Waals surface area contributed by atoms with E-state index >= 15 is 0 Å². The van der Waals surface area contributed by atoms with Crippen LogP contribution in [0.1, 0.15) is 10.4 Å². The lowest BCUT2D eigenvalue weighted by molar-refractivity contribution is 0.0698. The van der Waals surface area contributed by atoms with Gasteiger partial charge in [0.25, 0.3) is 0 Å². The molecule has 0 saturated carbocycles. The second kappa shape index (κ2) is 3.21. The molecule has 0 amide bonds. The van der Waals surface area contributed by atoms with Crippen molar-refractivity contribution >= 4 is 18.9 Å². The largest absolute Gasteiger partial charge is 0.478 e. The Bertz CT molecular complexity index is 272. The van der Waals surface area contributed by atoms with Gasteiger partial charge in [-0.1, -0.05) is 18.2 Å². The standard InChI is InChI=1S/C7H6BO3/c9-7(10)5-3-1-2-4-6(5)8-11/h1-4,11H,(H,9,10). The summed E-state index contributed by atoms with van der Waals surface area (Å²) < 4.78 is 0. The quantitative estimate of drug-likeness (QED) is 0.563. The number of hydrogen-bond donors (Lipinski definition) is 2. The van der Waals surface area contributed by atoms with Crippen LogP contribution in [0.3, 0.4) is 0 Å². The van der Waals surface area contributed by atoms with Crippen LogP contribution in [0.25, 0.3) is 0 Å². The van der Waals surface area contributed by atoms with E-state index in [0.717, 1.165) is 7.48 Å². The third-order valence-electron chi connectivity index (χ3n) is 1.33. The van der Waals surface area contributed by atoms with Gasteiger partial charge in [-0.3, -0.25) is 0 Å². The summed E-state index contributed by atoms with van der Waals surface area (Å²) in [5.74, 6) is -1.04. The fourth-order valence-electron chi connectivity index (χ4n) is 0.804. The van der Waals surface area contributed by atoms with Gasteiger partial charge in [0.2, 0.25) is 0 Å². The van der Waals surface area contributed by atoms with Crippen molar-refractivity contribution in [1.29, 1.82) is 0 Å². The Kier molecular flexibility index (Phi) is 2.28. The number of carboxylic acids is 1. The molecule has 11 heavy (non-hydrogen) atoms. The molecule has 0 aliphatic carbocycles. The first-order chi connectivity index (χ1) is 5.25. The molecule has 0 saturated heterocycles.